The van der Waals surface area contributed by atoms with Crippen LogP contribution >= 0.6 is 7.60 Å². The van der Waals surface area contributed by atoms with Gasteiger partial charge < -0.3 is 9.79 Å². The van der Waals surface area contributed by atoms with Gasteiger partial charge in [0.25, 0.3) is 0 Å². The van der Waals surface area contributed by atoms with Crippen LogP contribution < -0.4 is 0 Å². The van der Waals surface area contributed by atoms with E-state index in [0.717, 1.165) is 0 Å². The van der Waals surface area contributed by atoms with Gasteiger partial charge in [-0.15, -0.1) is 0 Å². The maximum Gasteiger partial charge on any atom is 0.434 e. The number of halogens is 3. The minimum Gasteiger partial charge on any atom is -0.324 e. The Morgan fingerprint density at radius 1 is 1.23 bits per heavy atom. The summed E-state index contributed by atoms with van der Waals surface area (Å²) in [5.74, 6) is -1.32. The highest BCUT2D eigenvalue weighted by Crippen LogP contribution is 2.38. The minimum absolute atomic E-state index is 0.0741. The molecule has 2 rings (SSSR count). The van der Waals surface area contributed by atoms with E-state index in [1.165, 1.54) is 24.3 Å². The molecule has 1 aromatic carbocycles. The van der Waals surface area contributed by atoms with E-state index in [4.69, 9.17) is 9.79 Å². The first-order valence-corrected chi connectivity index (χ1v) is 7.68. The van der Waals surface area contributed by atoms with Crippen LogP contribution in [0.15, 0.2) is 36.5 Å². The van der Waals surface area contributed by atoms with E-state index in [-0.39, 0.29) is 5.69 Å². The lowest BCUT2D eigenvalue weighted by Crippen LogP contribution is -2.18. The van der Waals surface area contributed by atoms with Crippen LogP contribution in [0, 0.1) is 0 Å². The molecule has 0 saturated carbocycles. The third kappa shape index (κ3) is 3.62. The highest BCUT2D eigenvalue weighted by atomic mass is 31.2. The Morgan fingerprint density at radius 2 is 1.82 bits per heavy atom. The van der Waals surface area contributed by atoms with E-state index in [2.05, 4.69) is 5.10 Å². The standard InChI is InChI=1S/C12H10F3N2O4P/c13-12(14,15)11-9(10(18)7-22(19,20)21)6-16-17(11)8-4-2-1-3-5-8/h1-6H,7H2,(H2,19,20,21). The van der Waals surface area contributed by atoms with Crippen molar-refractivity contribution in [2.45, 2.75) is 6.18 Å². The fourth-order valence-corrected chi connectivity index (χ4v) is 2.41. The molecule has 0 fully saturated rings. The van der Waals surface area contributed by atoms with Gasteiger partial charge >= 0.3 is 13.8 Å². The van der Waals surface area contributed by atoms with Crippen LogP contribution in [0.25, 0.3) is 5.69 Å². The van der Waals surface area contributed by atoms with Gasteiger partial charge in [0.15, 0.2) is 11.5 Å². The monoisotopic (exact) mass is 334 g/mol. The summed E-state index contributed by atoms with van der Waals surface area (Å²) in [7, 11) is -4.78. The molecule has 0 radical (unpaired) electrons. The second-order valence-electron chi connectivity index (χ2n) is 4.40. The van der Waals surface area contributed by atoms with Gasteiger partial charge in [0, 0.05) is 0 Å². The van der Waals surface area contributed by atoms with Gasteiger partial charge in [-0.05, 0) is 12.1 Å². The lowest BCUT2D eigenvalue weighted by Gasteiger charge is -2.12. The van der Waals surface area contributed by atoms with Crippen molar-refractivity contribution in [3.8, 4) is 5.69 Å². The minimum atomic E-state index is -4.91. The van der Waals surface area contributed by atoms with E-state index in [9.17, 15) is 22.5 Å². The van der Waals surface area contributed by atoms with E-state index < -0.39 is 37.0 Å². The maximum atomic E-state index is 13.2. The number of Topliss-reactive ketones (excluding diaryl/α,β-unsaturated/α-hetero) is 1. The first-order valence-electron chi connectivity index (χ1n) is 5.88. The van der Waals surface area contributed by atoms with Gasteiger partial charge in [-0.3, -0.25) is 9.36 Å². The average molecular weight is 334 g/mol. The number of hydrogen-bond acceptors (Lipinski definition) is 3. The van der Waals surface area contributed by atoms with Crippen LogP contribution in [-0.2, 0) is 10.7 Å². The number of para-hydroxylation sites is 1. The van der Waals surface area contributed by atoms with Gasteiger partial charge in [-0.1, -0.05) is 18.2 Å². The van der Waals surface area contributed by atoms with E-state index in [0.29, 0.717) is 10.9 Å². The normalized spacial score (nSPS) is 12.4. The first kappa shape index (κ1) is 16.4. The van der Waals surface area contributed by atoms with Gasteiger partial charge in [0.1, 0.15) is 6.16 Å². The third-order valence-corrected chi connectivity index (χ3v) is 3.39. The Labute approximate surface area is 122 Å². The molecule has 6 nitrogen and oxygen atoms in total. The van der Waals surface area contributed by atoms with Crippen molar-refractivity contribution < 1.29 is 32.3 Å². The molecular weight excluding hydrogens is 324 g/mol. The molecule has 0 aliphatic heterocycles. The van der Waals surface area contributed by atoms with Crippen molar-refractivity contribution in [1.29, 1.82) is 0 Å². The molecule has 2 aromatic rings. The molecular formula is C12H10F3N2O4P. The quantitative estimate of drug-likeness (QED) is 0.661. The summed E-state index contributed by atoms with van der Waals surface area (Å²) in [6.45, 7) is 0. The zero-order valence-corrected chi connectivity index (χ0v) is 11.8. The molecule has 0 saturated heterocycles. The molecule has 22 heavy (non-hydrogen) atoms. The number of ketones is 1. The van der Waals surface area contributed by atoms with E-state index >= 15 is 0 Å². The number of carbonyl (C=O) groups is 1. The summed E-state index contributed by atoms with van der Waals surface area (Å²) in [6.07, 6.45) is -5.56. The average Bonchev–Trinajstić information content (AvgIpc) is 2.82. The Hall–Kier alpha value is -1.96. The van der Waals surface area contributed by atoms with Crippen LogP contribution in [-0.4, -0.2) is 31.5 Å². The van der Waals surface area contributed by atoms with Gasteiger partial charge in [0.05, 0.1) is 17.4 Å². The molecule has 0 amide bonds. The molecule has 2 N–H and O–H groups in total. The van der Waals surface area contributed by atoms with Crippen LogP contribution in [0.4, 0.5) is 13.2 Å². The Kier molecular flexibility index (Phi) is 4.23. The highest BCUT2D eigenvalue weighted by molar-refractivity contribution is 7.52. The molecule has 0 atom stereocenters. The van der Waals surface area contributed by atoms with Gasteiger partial charge in [-0.2, -0.15) is 18.3 Å². The number of nitrogens with zero attached hydrogens (tertiary/aromatic N) is 2. The van der Waals surface area contributed by atoms with Crippen molar-refractivity contribution in [3.05, 3.63) is 47.8 Å². The van der Waals surface area contributed by atoms with Crippen LogP contribution in [0.5, 0.6) is 0 Å². The number of benzene rings is 1. The molecule has 10 heteroatoms. The summed E-state index contributed by atoms with van der Waals surface area (Å²) in [6, 6.07) is 7.31. The molecule has 1 aromatic heterocycles. The van der Waals surface area contributed by atoms with Crippen LogP contribution in [0.2, 0.25) is 0 Å². The Morgan fingerprint density at radius 3 is 2.32 bits per heavy atom. The molecule has 1 heterocycles. The number of carbonyl (C=O) groups excluding carboxylic acids is 1. The largest absolute Gasteiger partial charge is 0.434 e. The van der Waals surface area contributed by atoms with E-state index in [1.807, 2.05) is 0 Å². The Balaban J connectivity index is 2.56. The lowest BCUT2D eigenvalue weighted by atomic mass is 10.1. The molecule has 118 valence electrons. The summed E-state index contributed by atoms with van der Waals surface area (Å²) >= 11 is 0. The predicted octanol–water partition coefficient (Wildman–Crippen LogP) is 2.25. The maximum absolute atomic E-state index is 13.2. The molecule has 0 bridgehead atoms. The molecule has 0 spiro atoms. The van der Waals surface area contributed by atoms with Crippen molar-refractivity contribution in [3.63, 3.8) is 0 Å². The number of rotatable bonds is 4. The highest BCUT2D eigenvalue weighted by Gasteiger charge is 2.41. The number of hydrogen-bond donors (Lipinski definition) is 2. The Bertz CT molecular complexity index is 737. The second-order valence-corrected chi connectivity index (χ2v) is 6.04. The number of aromatic nitrogens is 2. The van der Waals surface area contributed by atoms with Crippen molar-refractivity contribution >= 4 is 13.4 Å². The van der Waals surface area contributed by atoms with Crippen molar-refractivity contribution in [1.82, 2.24) is 9.78 Å². The zero-order chi connectivity index (χ0) is 16.5. The summed E-state index contributed by atoms with van der Waals surface area (Å²) in [4.78, 5) is 29.2. The predicted molar refractivity (Wildman–Crippen MR) is 69.8 cm³/mol. The molecule has 0 unspecified atom stereocenters. The third-order valence-electron chi connectivity index (χ3n) is 2.69. The van der Waals surface area contributed by atoms with Crippen molar-refractivity contribution in [2.75, 3.05) is 6.16 Å². The fourth-order valence-electron chi connectivity index (χ4n) is 1.86. The summed E-state index contributed by atoms with van der Waals surface area (Å²) in [5.41, 5.74) is -2.16. The first-order chi connectivity index (χ1) is 10.1. The fraction of sp³-hybridized carbons (Fsp3) is 0.167. The smallest absolute Gasteiger partial charge is 0.324 e. The topological polar surface area (TPSA) is 92.4 Å². The SMILES string of the molecule is O=C(CP(=O)(O)O)c1cnn(-c2ccccc2)c1C(F)(F)F. The molecule has 0 aliphatic carbocycles. The summed E-state index contributed by atoms with van der Waals surface area (Å²) < 4.78 is 51.0. The van der Waals surface area contributed by atoms with Gasteiger partial charge in [-0.25, -0.2) is 4.68 Å². The van der Waals surface area contributed by atoms with E-state index in [1.54, 1.807) is 6.07 Å². The van der Waals surface area contributed by atoms with Crippen molar-refractivity contribution in [2.24, 2.45) is 0 Å². The summed E-state index contributed by atoms with van der Waals surface area (Å²) in [5, 5.41) is 3.53. The lowest BCUT2D eigenvalue weighted by molar-refractivity contribution is -0.143. The second kappa shape index (κ2) is 5.68. The zero-order valence-electron chi connectivity index (χ0n) is 10.9. The van der Waals surface area contributed by atoms with Crippen LogP contribution in [0.1, 0.15) is 16.1 Å². The van der Waals surface area contributed by atoms with Crippen LogP contribution in [0.3, 0.4) is 0 Å². The number of alkyl halides is 3. The van der Waals surface area contributed by atoms with Gasteiger partial charge in [0.2, 0.25) is 0 Å². The molecule has 0 aliphatic rings.